The Hall–Kier alpha value is -3.27. The predicted octanol–water partition coefficient (Wildman–Crippen LogP) is 5.01. The Morgan fingerprint density at radius 3 is 2.27 bits per heavy atom. The second-order valence-electron chi connectivity index (χ2n) is 8.86. The first-order valence-corrected chi connectivity index (χ1v) is 13.8. The number of carbonyl (C=O) groups excluding carboxylic acids is 1. The van der Waals surface area contributed by atoms with E-state index in [1.165, 1.54) is 31.9 Å². The quantitative estimate of drug-likeness (QED) is 0.394. The molecule has 196 valence electrons. The molecule has 0 aliphatic carbocycles. The molecule has 1 aliphatic rings. The van der Waals surface area contributed by atoms with Crippen LogP contribution in [-0.4, -0.2) is 46.5 Å². The zero-order chi connectivity index (χ0) is 26.4. The maximum absolute atomic E-state index is 12.9. The highest BCUT2D eigenvalue weighted by molar-refractivity contribution is 7.92. The summed E-state index contributed by atoms with van der Waals surface area (Å²) in [4.78, 5) is 15.2. The number of nitrogens with zero attached hydrogens (tertiary/aromatic N) is 1. The van der Waals surface area contributed by atoms with Gasteiger partial charge in [-0.1, -0.05) is 23.7 Å². The number of likely N-dealkylation sites (tertiary alicyclic amines) is 1. The molecule has 8 nitrogen and oxygen atoms in total. The van der Waals surface area contributed by atoms with Crippen LogP contribution in [0.3, 0.4) is 0 Å². The van der Waals surface area contributed by atoms with Gasteiger partial charge in [0.15, 0.2) is 0 Å². The van der Waals surface area contributed by atoms with Crippen LogP contribution in [0.4, 0.5) is 11.4 Å². The van der Waals surface area contributed by atoms with E-state index < -0.39 is 10.0 Å². The highest BCUT2D eigenvalue weighted by atomic mass is 35.5. The van der Waals surface area contributed by atoms with Gasteiger partial charge in [-0.3, -0.25) is 14.4 Å². The summed E-state index contributed by atoms with van der Waals surface area (Å²) < 4.78 is 38.7. The second kappa shape index (κ2) is 11.9. The van der Waals surface area contributed by atoms with E-state index in [0.29, 0.717) is 22.9 Å². The lowest BCUT2D eigenvalue weighted by Gasteiger charge is -2.31. The van der Waals surface area contributed by atoms with Crippen LogP contribution in [0.5, 0.6) is 11.5 Å². The van der Waals surface area contributed by atoms with Gasteiger partial charge in [-0.05, 0) is 80.0 Å². The van der Waals surface area contributed by atoms with E-state index in [2.05, 4.69) is 14.9 Å². The van der Waals surface area contributed by atoms with Gasteiger partial charge in [0.05, 0.1) is 24.8 Å². The molecular weight excluding hydrogens is 514 g/mol. The Morgan fingerprint density at radius 2 is 1.65 bits per heavy atom. The van der Waals surface area contributed by atoms with Gasteiger partial charge in [-0.25, -0.2) is 8.42 Å². The van der Waals surface area contributed by atoms with Gasteiger partial charge in [0, 0.05) is 29.2 Å². The lowest BCUT2D eigenvalue weighted by Crippen LogP contribution is -2.37. The number of hydrogen-bond donors (Lipinski definition) is 2. The number of methoxy groups -OCH3 is 2. The zero-order valence-electron chi connectivity index (χ0n) is 20.7. The van der Waals surface area contributed by atoms with Crippen LogP contribution in [0.1, 0.15) is 18.4 Å². The minimum absolute atomic E-state index is 0.0529. The van der Waals surface area contributed by atoms with Crippen molar-refractivity contribution in [2.24, 2.45) is 5.92 Å². The molecule has 0 saturated carbocycles. The van der Waals surface area contributed by atoms with Crippen molar-refractivity contribution in [2.45, 2.75) is 24.3 Å². The normalized spacial score (nSPS) is 14.7. The molecule has 1 aliphatic heterocycles. The fraction of sp³-hybridized carbons (Fsp3) is 0.296. The van der Waals surface area contributed by atoms with Gasteiger partial charge in [-0.15, -0.1) is 0 Å². The average molecular weight is 544 g/mol. The molecule has 4 rings (SSSR count). The molecule has 0 bridgehead atoms. The van der Waals surface area contributed by atoms with Crippen LogP contribution in [0, 0.1) is 5.92 Å². The van der Waals surface area contributed by atoms with Crippen molar-refractivity contribution in [3.63, 3.8) is 0 Å². The number of sulfonamides is 1. The molecule has 0 spiro atoms. The van der Waals surface area contributed by atoms with Crippen molar-refractivity contribution < 1.29 is 22.7 Å². The van der Waals surface area contributed by atoms with Crippen LogP contribution in [-0.2, 0) is 21.4 Å². The van der Waals surface area contributed by atoms with Crippen LogP contribution < -0.4 is 19.5 Å². The van der Waals surface area contributed by atoms with Crippen molar-refractivity contribution in [3.8, 4) is 11.5 Å². The number of piperidine rings is 1. The Morgan fingerprint density at radius 1 is 0.973 bits per heavy atom. The maximum Gasteiger partial charge on any atom is 0.262 e. The number of anilines is 2. The van der Waals surface area contributed by atoms with Crippen LogP contribution in [0.15, 0.2) is 71.6 Å². The molecule has 0 atom stereocenters. The van der Waals surface area contributed by atoms with E-state index in [1.807, 2.05) is 24.3 Å². The van der Waals surface area contributed by atoms with E-state index in [0.717, 1.165) is 37.5 Å². The summed E-state index contributed by atoms with van der Waals surface area (Å²) in [7, 11) is -0.891. The van der Waals surface area contributed by atoms with E-state index in [1.54, 1.807) is 30.3 Å². The van der Waals surface area contributed by atoms with Crippen LogP contribution in [0.25, 0.3) is 0 Å². The molecule has 1 fully saturated rings. The van der Waals surface area contributed by atoms with Gasteiger partial charge in [0.25, 0.3) is 10.0 Å². The number of rotatable bonds is 9. The van der Waals surface area contributed by atoms with Crippen molar-refractivity contribution in [1.82, 2.24) is 4.90 Å². The van der Waals surface area contributed by atoms with Crippen molar-refractivity contribution in [1.29, 1.82) is 0 Å². The molecule has 0 radical (unpaired) electrons. The highest BCUT2D eigenvalue weighted by Crippen LogP contribution is 2.31. The van der Waals surface area contributed by atoms with E-state index in [9.17, 15) is 13.2 Å². The Kier molecular flexibility index (Phi) is 8.58. The average Bonchev–Trinajstić information content (AvgIpc) is 2.90. The molecule has 0 aromatic heterocycles. The molecular formula is C27H30ClN3O5S. The number of benzene rings is 3. The van der Waals surface area contributed by atoms with E-state index >= 15 is 0 Å². The SMILES string of the molecule is COc1ccc(NS(=O)(=O)c2ccc(NC(=O)C3CCN(Cc4ccc(Cl)cc4)CC3)cc2)c(OC)c1. The topological polar surface area (TPSA) is 97.0 Å². The minimum Gasteiger partial charge on any atom is -0.497 e. The first kappa shape index (κ1) is 26.8. The molecule has 0 unspecified atom stereocenters. The summed E-state index contributed by atoms with van der Waals surface area (Å²) >= 11 is 5.96. The lowest BCUT2D eigenvalue weighted by atomic mass is 9.95. The first-order valence-electron chi connectivity index (χ1n) is 11.9. The summed E-state index contributed by atoms with van der Waals surface area (Å²) in [5, 5.41) is 3.64. The molecule has 10 heteroatoms. The maximum atomic E-state index is 12.9. The standard InChI is InChI=1S/C27H30ClN3O5S/c1-35-23-9-12-25(26(17-23)36-2)30-37(33,34)24-10-7-22(8-11-24)29-27(32)20-13-15-31(16-14-20)18-19-3-5-21(28)6-4-19/h3-12,17,20,30H,13-16,18H2,1-2H3,(H,29,32). The predicted molar refractivity (Wildman–Crippen MR) is 145 cm³/mol. The van der Waals surface area contributed by atoms with Crippen molar-refractivity contribution in [3.05, 3.63) is 77.3 Å². The second-order valence-corrected chi connectivity index (χ2v) is 11.0. The molecule has 1 amide bonds. The number of ether oxygens (including phenoxy) is 2. The molecule has 3 aromatic carbocycles. The van der Waals surface area contributed by atoms with Crippen LogP contribution in [0.2, 0.25) is 5.02 Å². The number of nitrogens with one attached hydrogen (secondary N) is 2. The fourth-order valence-corrected chi connectivity index (χ4v) is 5.45. The minimum atomic E-state index is -3.86. The van der Waals surface area contributed by atoms with Gasteiger partial charge in [0.2, 0.25) is 5.91 Å². The zero-order valence-corrected chi connectivity index (χ0v) is 22.3. The Balaban J connectivity index is 1.31. The summed E-state index contributed by atoms with van der Waals surface area (Å²) in [5.74, 6) is 0.745. The monoisotopic (exact) mass is 543 g/mol. The summed E-state index contributed by atoms with van der Waals surface area (Å²) in [6.07, 6.45) is 1.53. The first-order chi connectivity index (χ1) is 17.8. The largest absolute Gasteiger partial charge is 0.497 e. The molecule has 2 N–H and O–H groups in total. The van der Waals surface area contributed by atoms with E-state index in [4.69, 9.17) is 21.1 Å². The third-order valence-corrected chi connectivity index (χ3v) is 8.00. The van der Waals surface area contributed by atoms with Crippen LogP contribution >= 0.6 is 11.6 Å². The van der Waals surface area contributed by atoms with Crippen molar-refractivity contribution in [2.75, 3.05) is 37.3 Å². The number of halogens is 1. The summed E-state index contributed by atoms with van der Waals surface area (Å²) in [5.41, 5.74) is 2.04. The third-order valence-electron chi connectivity index (χ3n) is 6.36. The van der Waals surface area contributed by atoms with E-state index in [-0.39, 0.29) is 16.7 Å². The Labute approximate surface area is 222 Å². The number of hydrogen-bond acceptors (Lipinski definition) is 6. The van der Waals surface area contributed by atoms with Gasteiger partial charge in [-0.2, -0.15) is 0 Å². The van der Waals surface area contributed by atoms with Gasteiger partial charge < -0.3 is 14.8 Å². The smallest absolute Gasteiger partial charge is 0.262 e. The highest BCUT2D eigenvalue weighted by Gasteiger charge is 2.25. The number of amides is 1. The lowest BCUT2D eigenvalue weighted by molar-refractivity contribution is -0.121. The third kappa shape index (κ3) is 6.94. The molecule has 37 heavy (non-hydrogen) atoms. The van der Waals surface area contributed by atoms with Gasteiger partial charge in [0.1, 0.15) is 11.5 Å². The summed E-state index contributed by atoms with van der Waals surface area (Å²) in [6, 6.07) is 18.7. The molecule has 1 heterocycles. The van der Waals surface area contributed by atoms with Crippen molar-refractivity contribution >= 4 is 38.9 Å². The molecule has 3 aromatic rings. The summed E-state index contributed by atoms with van der Waals surface area (Å²) in [6.45, 7) is 2.49. The fourth-order valence-electron chi connectivity index (χ4n) is 4.25. The van der Waals surface area contributed by atoms with Gasteiger partial charge >= 0.3 is 0 Å². The molecule has 1 saturated heterocycles. The number of carbonyl (C=O) groups is 1. The Bertz CT molecular complexity index is 1320.